The molecule has 0 aliphatic rings. The van der Waals surface area contributed by atoms with Gasteiger partial charge >= 0.3 is 5.97 Å². The number of rotatable bonds is 10. The van der Waals surface area contributed by atoms with Crippen molar-refractivity contribution in [2.24, 2.45) is 5.92 Å². The van der Waals surface area contributed by atoms with Gasteiger partial charge in [0.1, 0.15) is 12.3 Å². The molecular weight excluding hydrogens is 372 g/mol. The maximum absolute atomic E-state index is 12.4. The summed E-state index contributed by atoms with van der Waals surface area (Å²) in [6.45, 7) is 4.51. The van der Waals surface area contributed by atoms with Crippen LogP contribution in [0.2, 0.25) is 0 Å². The summed E-state index contributed by atoms with van der Waals surface area (Å²) in [5.41, 5.74) is 1.83. The van der Waals surface area contributed by atoms with E-state index < -0.39 is 12.5 Å². The van der Waals surface area contributed by atoms with E-state index in [0.717, 1.165) is 12.2 Å². The van der Waals surface area contributed by atoms with Gasteiger partial charge in [0.15, 0.2) is 0 Å². The van der Waals surface area contributed by atoms with Gasteiger partial charge in [0.05, 0.1) is 13.0 Å². The Bertz CT molecular complexity index is 829. The number of anilines is 1. The van der Waals surface area contributed by atoms with E-state index >= 15 is 0 Å². The van der Waals surface area contributed by atoms with Gasteiger partial charge in [-0.1, -0.05) is 26.0 Å². The Morgan fingerprint density at radius 2 is 1.66 bits per heavy atom. The van der Waals surface area contributed by atoms with Crippen molar-refractivity contribution >= 4 is 23.5 Å². The molecule has 2 rings (SSSR count). The fourth-order valence-electron chi connectivity index (χ4n) is 2.45. The molecule has 0 bridgehead atoms. The van der Waals surface area contributed by atoms with Crippen LogP contribution in [-0.2, 0) is 16.0 Å². The van der Waals surface area contributed by atoms with Crippen LogP contribution < -0.4 is 15.4 Å². The highest BCUT2D eigenvalue weighted by molar-refractivity contribution is 6.04. The molecule has 154 valence electrons. The summed E-state index contributed by atoms with van der Waals surface area (Å²) in [4.78, 5) is 34.5. The summed E-state index contributed by atoms with van der Waals surface area (Å²) in [7, 11) is 0. The van der Waals surface area contributed by atoms with Crippen molar-refractivity contribution < 1.29 is 24.2 Å². The molecule has 7 heteroatoms. The fourth-order valence-corrected chi connectivity index (χ4v) is 2.45. The largest absolute Gasteiger partial charge is 0.494 e. The lowest BCUT2D eigenvalue weighted by molar-refractivity contribution is -0.137. The summed E-state index contributed by atoms with van der Waals surface area (Å²) in [5, 5.41) is 13.7. The van der Waals surface area contributed by atoms with Gasteiger partial charge in [0, 0.05) is 11.3 Å². The van der Waals surface area contributed by atoms with E-state index in [4.69, 9.17) is 9.84 Å². The molecule has 7 nitrogen and oxygen atoms in total. The lowest BCUT2D eigenvalue weighted by Crippen LogP contribution is -2.30. The van der Waals surface area contributed by atoms with Crippen LogP contribution in [0.15, 0.2) is 48.5 Å². The maximum Gasteiger partial charge on any atom is 0.322 e. The number of carbonyl (C=O) groups excluding carboxylic acids is 2. The molecule has 0 aromatic heterocycles. The number of ether oxygens (including phenoxy) is 1. The van der Waals surface area contributed by atoms with Crippen LogP contribution in [-0.4, -0.2) is 36.0 Å². The van der Waals surface area contributed by atoms with Crippen molar-refractivity contribution in [1.82, 2.24) is 5.32 Å². The SMILES string of the molecule is CC(C)CCOc1ccc(C(=O)Nc2ccc(CC(=O)NCC(=O)O)cc2)cc1. The first-order chi connectivity index (χ1) is 13.8. The van der Waals surface area contributed by atoms with Gasteiger partial charge in [0.25, 0.3) is 5.91 Å². The molecule has 0 atom stereocenters. The predicted octanol–water partition coefficient (Wildman–Crippen LogP) is 3.11. The Morgan fingerprint density at radius 3 is 2.24 bits per heavy atom. The average Bonchev–Trinajstić information content (AvgIpc) is 2.68. The number of hydrogen-bond donors (Lipinski definition) is 3. The molecule has 0 heterocycles. The van der Waals surface area contributed by atoms with E-state index in [2.05, 4.69) is 24.5 Å². The summed E-state index contributed by atoms with van der Waals surface area (Å²) < 4.78 is 5.65. The molecule has 0 spiro atoms. The third-order valence-electron chi connectivity index (χ3n) is 4.09. The first-order valence-electron chi connectivity index (χ1n) is 9.45. The minimum Gasteiger partial charge on any atom is -0.494 e. The Labute approximate surface area is 170 Å². The molecule has 0 aliphatic carbocycles. The van der Waals surface area contributed by atoms with E-state index in [-0.39, 0.29) is 18.2 Å². The van der Waals surface area contributed by atoms with E-state index in [1.165, 1.54) is 0 Å². The summed E-state index contributed by atoms with van der Waals surface area (Å²) in [6.07, 6.45) is 1.04. The quantitative estimate of drug-likeness (QED) is 0.570. The number of aliphatic carboxylic acids is 1. The lowest BCUT2D eigenvalue weighted by Gasteiger charge is -2.09. The molecule has 0 fully saturated rings. The molecule has 0 aliphatic heterocycles. The van der Waals surface area contributed by atoms with Gasteiger partial charge in [-0.3, -0.25) is 14.4 Å². The predicted molar refractivity (Wildman–Crippen MR) is 110 cm³/mol. The van der Waals surface area contributed by atoms with Gasteiger partial charge in [-0.15, -0.1) is 0 Å². The third kappa shape index (κ3) is 8.04. The average molecular weight is 398 g/mol. The molecule has 0 radical (unpaired) electrons. The number of carbonyl (C=O) groups is 3. The highest BCUT2D eigenvalue weighted by Crippen LogP contribution is 2.16. The fraction of sp³-hybridized carbons (Fsp3) is 0.318. The Morgan fingerprint density at radius 1 is 1.00 bits per heavy atom. The smallest absolute Gasteiger partial charge is 0.322 e. The van der Waals surface area contributed by atoms with Crippen LogP contribution in [0.1, 0.15) is 36.2 Å². The number of benzene rings is 2. The van der Waals surface area contributed by atoms with Crippen molar-refractivity contribution in [1.29, 1.82) is 0 Å². The van der Waals surface area contributed by atoms with E-state index in [9.17, 15) is 14.4 Å². The van der Waals surface area contributed by atoms with Crippen LogP contribution in [0.4, 0.5) is 5.69 Å². The van der Waals surface area contributed by atoms with Crippen LogP contribution >= 0.6 is 0 Å². The number of hydrogen-bond acceptors (Lipinski definition) is 4. The monoisotopic (exact) mass is 398 g/mol. The lowest BCUT2D eigenvalue weighted by atomic mass is 10.1. The first kappa shape index (κ1) is 21.9. The summed E-state index contributed by atoms with van der Waals surface area (Å²) in [5.74, 6) is -0.407. The van der Waals surface area contributed by atoms with Gasteiger partial charge < -0.3 is 20.5 Å². The number of amides is 2. The topological polar surface area (TPSA) is 105 Å². The first-order valence-corrected chi connectivity index (χ1v) is 9.45. The maximum atomic E-state index is 12.4. The zero-order valence-corrected chi connectivity index (χ0v) is 16.6. The van der Waals surface area contributed by atoms with Crippen molar-refractivity contribution in [3.63, 3.8) is 0 Å². The number of carboxylic acids is 1. The van der Waals surface area contributed by atoms with Gasteiger partial charge in [0.2, 0.25) is 5.91 Å². The third-order valence-corrected chi connectivity index (χ3v) is 4.09. The molecule has 3 N–H and O–H groups in total. The molecule has 2 aromatic rings. The van der Waals surface area contributed by atoms with Gasteiger partial charge in [-0.05, 0) is 54.3 Å². The minimum absolute atomic E-state index is 0.0692. The number of carboxylic acid groups (broad SMARTS) is 1. The van der Waals surface area contributed by atoms with Crippen LogP contribution in [0.5, 0.6) is 5.75 Å². The standard InChI is InChI=1S/C22H26N2O5/c1-15(2)11-12-29-19-9-5-17(6-10-19)22(28)24-18-7-3-16(4-8-18)13-20(25)23-14-21(26)27/h3-10,15H,11-14H2,1-2H3,(H,23,25)(H,24,28)(H,26,27). The normalized spacial score (nSPS) is 10.4. The molecule has 2 amide bonds. The summed E-state index contributed by atoms with van der Waals surface area (Å²) in [6, 6.07) is 13.8. The van der Waals surface area contributed by atoms with Gasteiger partial charge in [-0.25, -0.2) is 0 Å². The molecule has 0 unspecified atom stereocenters. The molecule has 0 saturated carbocycles. The molecular formula is C22H26N2O5. The Balaban J connectivity index is 1.85. The molecule has 2 aromatic carbocycles. The van der Waals surface area contributed by atoms with Gasteiger partial charge in [-0.2, -0.15) is 0 Å². The van der Waals surface area contributed by atoms with E-state index in [1.54, 1.807) is 48.5 Å². The van der Waals surface area contributed by atoms with Crippen molar-refractivity contribution in [2.75, 3.05) is 18.5 Å². The van der Waals surface area contributed by atoms with E-state index in [1.807, 2.05) is 0 Å². The van der Waals surface area contributed by atoms with Crippen LogP contribution in [0.3, 0.4) is 0 Å². The van der Waals surface area contributed by atoms with Crippen molar-refractivity contribution in [3.8, 4) is 5.75 Å². The molecule has 0 saturated heterocycles. The van der Waals surface area contributed by atoms with E-state index in [0.29, 0.717) is 29.3 Å². The highest BCUT2D eigenvalue weighted by Gasteiger charge is 2.08. The minimum atomic E-state index is -1.09. The number of nitrogens with one attached hydrogen (secondary N) is 2. The Hall–Kier alpha value is -3.35. The highest BCUT2D eigenvalue weighted by atomic mass is 16.5. The molecule has 29 heavy (non-hydrogen) atoms. The second-order valence-corrected chi connectivity index (χ2v) is 7.05. The summed E-state index contributed by atoms with van der Waals surface area (Å²) >= 11 is 0. The zero-order valence-electron chi connectivity index (χ0n) is 16.6. The van der Waals surface area contributed by atoms with Crippen molar-refractivity contribution in [3.05, 3.63) is 59.7 Å². The van der Waals surface area contributed by atoms with Crippen molar-refractivity contribution in [2.45, 2.75) is 26.7 Å². The van der Waals surface area contributed by atoms with Crippen LogP contribution in [0.25, 0.3) is 0 Å². The second-order valence-electron chi connectivity index (χ2n) is 7.05. The Kier molecular flexibility index (Phi) is 8.21. The zero-order chi connectivity index (χ0) is 21.2. The van der Waals surface area contributed by atoms with Crippen LogP contribution in [0, 0.1) is 5.92 Å². The second kappa shape index (κ2) is 10.8.